The number of likely N-dealkylation sites (N-methyl/N-ethyl adjacent to an activating group) is 1. The van der Waals surface area contributed by atoms with Crippen LogP contribution in [-0.4, -0.2) is 47.8 Å². The highest BCUT2D eigenvalue weighted by Gasteiger charge is 2.52. The molecule has 1 unspecified atom stereocenters. The number of alkyl halides is 2. The third-order valence-electron chi connectivity index (χ3n) is 5.71. The molecule has 0 aliphatic carbocycles. The standard InChI is InChI=1S/C24H26F3N3O4/c1-3-4-13-24(17-7-9-18(25)10-8-17)21(32)30(23(33)28-24)15-20(31)29(2)14-16-5-11-19(12-6-16)34-22(26)27/h5-12,22H,3-4,13-15H2,1-2H3,(H,28,33). The van der Waals surface area contributed by atoms with Gasteiger partial charge in [0, 0.05) is 13.6 Å². The van der Waals surface area contributed by atoms with Crippen molar-refractivity contribution < 1.29 is 32.3 Å². The Hall–Kier alpha value is -3.56. The predicted octanol–water partition coefficient (Wildman–Crippen LogP) is 4.02. The zero-order valence-corrected chi connectivity index (χ0v) is 18.9. The van der Waals surface area contributed by atoms with E-state index in [1.807, 2.05) is 6.92 Å². The highest BCUT2D eigenvalue weighted by molar-refractivity contribution is 6.09. The molecule has 2 aromatic carbocycles. The molecule has 1 aliphatic heterocycles. The van der Waals surface area contributed by atoms with Crippen LogP contribution in [0.5, 0.6) is 5.75 Å². The molecule has 34 heavy (non-hydrogen) atoms. The number of halogens is 3. The molecule has 1 aliphatic rings. The zero-order valence-electron chi connectivity index (χ0n) is 18.9. The number of unbranched alkanes of at least 4 members (excludes halogenated alkanes) is 1. The summed E-state index contributed by atoms with van der Waals surface area (Å²) in [4.78, 5) is 41.1. The van der Waals surface area contributed by atoms with Crippen LogP contribution in [0.2, 0.25) is 0 Å². The van der Waals surface area contributed by atoms with Crippen LogP contribution >= 0.6 is 0 Å². The minimum atomic E-state index is -2.93. The van der Waals surface area contributed by atoms with Gasteiger partial charge in [0.15, 0.2) is 0 Å². The number of hydrogen-bond acceptors (Lipinski definition) is 4. The first-order valence-corrected chi connectivity index (χ1v) is 10.8. The van der Waals surface area contributed by atoms with Gasteiger partial charge in [-0.25, -0.2) is 9.18 Å². The van der Waals surface area contributed by atoms with Crippen LogP contribution in [0.3, 0.4) is 0 Å². The summed E-state index contributed by atoms with van der Waals surface area (Å²) in [7, 11) is 1.51. The van der Waals surface area contributed by atoms with Crippen molar-refractivity contribution in [1.29, 1.82) is 0 Å². The quantitative estimate of drug-likeness (QED) is 0.525. The summed E-state index contributed by atoms with van der Waals surface area (Å²) in [5, 5.41) is 2.72. The molecule has 182 valence electrons. The average molecular weight is 477 g/mol. The van der Waals surface area contributed by atoms with Crippen molar-refractivity contribution >= 4 is 17.8 Å². The summed E-state index contributed by atoms with van der Waals surface area (Å²) in [5.74, 6) is -1.51. The molecule has 1 saturated heterocycles. The van der Waals surface area contributed by atoms with Crippen molar-refractivity contribution in [1.82, 2.24) is 15.1 Å². The maximum Gasteiger partial charge on any atom is 0.387 e. The van der Waals surface area contributed by atoms with E-state index in [1.165, 1.54) is 48.3 Å². The van der Waals surface area contributed by atoms with Gasteiger partial charge in [-0.05, 0) is 41.8 Å². The second kappa shape index (κ2) is 10.6. The summed E-state index contributed by atoms with van der Waals surface area (Å²) in [6, 6.07) is 10.5. The third-order valence-corrected chi connectivity index (χ3v) is 5.71. The van der Waals surface area contributed by atoms with Crippen LogP contribution in [0, 0.1) is 5.82 Å². The molecule has 0 aromatic heterocycles. The maximum absolute atomic E-state index is 13.4. The molecule has 4 amide bonds. The molecule has 1 atom stereocenters. The van der Waals surface area contributed by atoms with E-state index < -0.39 is 42.4 Å². The second-order valence-electron chi connectivity index (χ2n) is 8.11. The van der Waals surface area contributed by atoms with E-state index in [2.05, 4.69) is 10.1 Å². The summed E-state index contributed by atoms with van der Waals surface area (Å²) >= 11 is 0. The molecule has 1 fully saturated rings. The monoisotopic (exact) mass is 477 g/mol. The van der Waals surface area contributed by atoms with E-state index in [4.69, 9.17) is 0 Å². The minimum absolute atomic E-state index is 0.00345. The fourth-order valence-electron chi connectivity index (χ4n) is 3.85. The van der Waals surface area contributed by atoms with E-state index in [9.17, 15) is 27.6 Å². The molecular weight excluding hydrogens is 451 g/mol. The van der Waals surface area contributed by atoms with Gasteiger partial charge < -0.3 is 15.0 Å². The van der Waals surface area contributed by atoms with E-state index >= 15 is 0 Å². The number of amides is 4. The number of hydrogen-bond donors (Lipinski definition) is 1. The van der Waals surface area contributed by atoms with Crippen LogP contribution in [0.15, 0.2) is 48.5 Å². The highest BCUT2D eigenvalue weighted by Crippen LogP contribution is 2.34. The molecule has 0 bridgehead atoms. The Kier molecular flexibility index (Phi) is 7.80. The number of carbonyl (C=O) groups is 3. The lowest BCUT2D eigenvalue weighted by Gasteiger charge is -2.27. The Morgan fingerprint density at radius 2 is 1.76 bits per heavy atom. The van der Waals surface area contributed by atoms with E-state index in [-0.39, 0.29) is 12.3 Å². The predicted molar refractivity (Wildman–Crippen MR) is 117 cm³/mol. The SMILES string of the molecule is CCCCC1(c2ccc(F)cc2)NC(=O)N(CC(=O)N(C)Cc2ccc(OC(F)F)cc2)C1=O. The fraction of sp³-hybridized carbons (Fsp3) is 0.375. The van der Waals surface area contributed by atoms with Crippen LogP contribution in [-0.2, 0) is 21.7 Å². The second-order valence-corrected chi connectivity index (χ2v) is 8.11. The number of ether oxygens (including phenoxy) is 1. The minimum Gasteiger partial charge on any atom is -0.435 e. The number of imide groups is 1. The number of rotatable bonds is 10. The van der Waals surface area contributed by atoms with Gasteiger partial charge in [-0.3, -0.25) is 14.5 Å². The van der Waals surface area contributed by atoms with Crippen molar-refractivity contribution in [3.8, 4) is 5.75 Å². The normalized spacial score (nSPS) is 17.8. The summed E-state index contributed by atoms with van der Waals surface area (Å²) in [5.41, 5.74) is -0.256. The van der Waals surface area contributed by atoms with Crippen LogP contribution in [0.1, 0.15) is 37.3 Å². The molecule has 3 rings (SSSR count). The average Bonchev–Trinajstić information content (AvgIpc) is 3.04. The Balaban J connectivity index is 1.71. The number of nitrogens with one attached hydrogen (secondary N) is 1. The van der Waals surface area contributed by atoms with Crippen molar-refractivity contribution in [3.63, 3.8) is 0 Å². The lowest BCUT2D eigenvalue weighted by Crippen LogP contribution is -2.45. The van der Waals surface area contributed by atoms with Gasteiger partial charge in [-0.15, -0.1) is 0 Å². The summed E-state index contributed by atoms with van der Waals surface area (Å²) in [6.45, 7) is -1.32. The Morgan fingerprint density at radius 1 is 1.12 bits per heavy atom. The van der Waals surface area contributed by atoms with Gasteiger partial charge in [0.25, 0.3) is 5.91 Å². The van der Waals surface area contributed by atoms with Gasteiger partial charge >= 0.3 is 12.6 Å². The zero-order chi connectivity index (χ0) is 24.9. The van der Waals surface area contributed by atoms with Crippen LogP contribution in [0.25, 0.3) is 0 Å². The first-order chi connectivity index (χ1) is 16.2. The molecule has 0 radical (unpaired) electrons. The molecule has 0 spiro atoms. The lowest BCUT2D eigenvalue weighted by atomic mass is 9.85. The Morgan fingerprint density at radius 3 is 2.35 bits per heavy atom. The molecule has 0 saturated carbocycles. The van der Waals surface area contributed by atoms with Crippen molar-refractivity contribution in [2.45, 2.75) is 44.9 Å². The van der Waals surface area contributed by atoms with Crippen molar-refractivity contribution in [2.24, 2.45) is 0 Å². The molecule has 1 N–H and O–H groups in total. The first kappa shape index (κ1) is 25.1. The maximum atomic E-state index is 13.4. The third kappa shape index (κ3) is 5.49. The number of benzene rings is 2. The van der Waals surface area contributed by atoms with E-state index in [0.717, 1.165) is 11.3 Å². The lowest BCUT2D eigenvalue weighted by molar-refractivity contribution is -0.139. The van der Waals surface area contributed by atoms with Gasteiger partial charge in [0.05, 0.1) is 0 Å². The summed E-state index contributed by atoms with van der Waals surface area (Å²) in [6.07, 6.45) is 1.72. The largest absolute Gasteiger partial charge is 0.435 e. The molecule has 1 heterocycles. The number of carbonyl (C=O) groups excluding carboxylic acids is 3. The van der Waals surface area contributed by atoms with Gasteiger partial charge in [-0.1, -0.05) is 44.0 Å². The van der Waals surface area contributed by atoms with E-state index in [0.29, 0.717) is 24.0 Å². The molecule has 7 nitrogen and oxygen atoms in total. The van der Waals surface area contributed by atoms with E-state index in [1.54, 1.807) is 12.1 Å². The topological polar surface area (TPSA) is 79.0 Å². The molecular formula is C24H26F3N3O4. The highest BCUT2D eigenvalue weighted by atomic mass is 19.3. The fourth-order valence-corrected chi connectivity index (χ4v) is 3.85. The Bertz CT molecular complexity index is 1030. The van der Waals surface area contributed by atoms with Crippen LogP contribution in [0.4, 0.5) is 18.0 Å². The van der Waals surface area contributed by atoms with Gasteiger partial charge in [0.1, 0.15) is 23.7 Å². The van der Waals surface area contributed by atoms with Crippen LogP contribution < -0.4 is 10.1 Å². The smallest absolute Gasteiger partial charge is 0.387 e. The van der Waals surface area contributed by atoms with Gasteiger partial charge in [0.2, 0.25) is 5.91 Å². The first-order valence-electron chi connectivity index (χ1n) is 10.8. The van der Waals surface area contributed by atoms with Crippen molar-refractivity contribution in [3.05, 3.63) is 65.5 Å². The molecule has 10 heteroatoms. The number of nitrogens with zero attached hydrogens (tertiary/aromatic N) is 2. The number of urea groups is 1. The molecule has 2 aromatic rings. The summed E-state index contributed by atoms with van der Waals surface area (Å²) < 4.78 is 42.3. The van der Waals surface area contributed by atoms with Gasteiger partial charge in [-0.2, -0.15) is 8.78 Å². The van der Waals surface area contributed by atoms with Crippen molar-refractivity contribution in [2.75, 3.05) is 13.6 Å². The Labute approximate surface area is 195 Å².